The molecular formula is C15H12BNO2. The van der Waals surface area contributed by atoms with Crippen LogP contribution in [0.5, 0.6) is 11.5 Å². The molecule has 0 amide bonds. The first-order valence-electron chi connectivity index (χ1n) is 6.20. The molecule has 0 unspecified atom stereocenters. The van der Waals surface area contributed by atoms with Crippen molar-refractivity contribution in [1.29, 1.82) is 5.26 Å². The maximum atomic E-state index is 9.09. The van der Waals surface area contributed by atoms with Crippen molar-refractivity contribution >= 4 is 12.4 Å². The lowest BCUT2D eigenvalue weighted by molar-refractivity contribution is 0.333. The van der Waals surface area contributed by atoms with Gasteiger partial charge in [-0.2, -0.15) is 5.26 Å². The molecule has 0 aliphatic carbocycles. The van der Waals surface area contributed by atoms with Gasteiger partial charge >= 0.3 is 6.92 Å². The molecule has 1 heterocycles. The number of para-hydroxylation sites is 1. The number of nitriles is 1. The molecule has 0 N–H and O–H groups in total. The summed E-state index contributed by atoms with van der Waals surface area (Å²) in [5.41, 5.74) is 2.77. The van der Waals surface area contributed by atoms with E-state index in [4.69, 9.17) is 14.7 Å². The van der Waals surface area contributed by atoms with Crippen LogP contribution in [0, 0.1) is 11.3 Å². The Hall–Kier alpha value is -2.25. The van der Waals surface area contributed by atoms with Crippen LogP contribution >= 0.6 is 0 Å². The van der Waals surface area contributed by atoms with Gasteiger partial charge in [0.25, 0.3) is 0 Å². The number of nitrogens with zero attached hydrogens (tertiary/aromatic N) is 1. The summed E-state index contributed by atoms with van der Waals surface area (Å²) in [7, 11) is 0. The second-order valence-electron chi connectivity index (χ2n) is 4.49. The third-order valence-corrected chi connectivity index (χ3v) is 3.28. The van der Waals surface area contributed by atoms with Crippen molar-refractivity contribution in [3.63, 3.8) is 0 Å². The highest BCUT2D eigenvalue weighted by atomic mass is 16.5. The lowest BCUT2D eigenvalue weighted by Gasteiger charge is -2.12. The van der Waals surface area contributed by atoms with Crippen LogP contribution in [0.3, 0.4) is 0 Å². The highest BCUT2D eigenvalue weighted by molar-refractivity contribution is 6.68. The Morgan fingerprint density at radius 3 is 2.79 bits per heavy atom. The van der Waals surface area contributed by atoms with Crippen LogP contribution in [0.4, 0.5) is 0 Å². The fourth-order valence-corrected chi connectivity index (χ4v) is 2.33. The van der Waals surface area contributed by atoms with E-state index in [9.17, 15) is 0 Å². The molecular weight excluding hydrogens is 237 g/mol. The van der Waals surface area contributed by atoms with Crippen molar-refractivity contribution in [3.05, 3.63) is 53.6 Å². The van der Waals surface area contributed by atoms with Crippen molar-refractivity contribution in [3.8, 4) is 17.6 Å². The summed E-state index contributed by atoms with van der Waals surface area (Å²) in [6.45, 7) is 2.66. The molecule has 3 rings (SSSR count). The Morgan fingerprint density at radius 2 is 1.95 bits per heavy atom. The first-order chi connectivity index (χ1) is 9.29. The van der Waals surface area contributed by atoms with Gasteiger partial charge in [-0.1, -0.05) is 31.1 Å². The lowest BCUT2D eigenvalue weighted by atomic mass is 9.64. The molecule has 0 atom stereocenters. The van der Waals surface area contributed by atoms with Crippen LogP contribution in [0.2, 0.25) is 6.82 Å². The maximum Gasteiger partial charge on any atom is 0.328 e. The Bertz CT molecular complexity index is 663. The quantitative estimate of drug-likeness (QED) is 0.768. The van der Waals surface area contributed by atoms with Crippen molar-refractivity contribution in [2.45, 2.75) is 13.4 Å². The predicted octanol–water partition coefficient (Wildman–Crippen LogP) is 2.71. The summed E-state index contributed by atoms with van der Waals surface area (Å²) in [4.78, 5) is 0. The minimum absolute atomic E-state index is 0.0282. The molecule has 3 nitrogen and oxygen atoms in total. The van der Waals surface area contributed by atoms with E-state index in [1.165, 1.54) is 0 Å². The molecule has 1 aliphatic heterocycles. The summed E-state index contributed by atoms with van der Waals surface area (Å²) in [5, 5.41) is 9.09. The highest BCUT2D eigenvalue weighted by Crippen LogP contribution is 2.26. The third-order valence-electron chi connectivity index (χ3n) is 3.28. The molecule has 0 radical (unpaired) electrons. The monoisotopic (exact) mass is 249 g/mol. The number of benzene rings is 2. The fourth-order valence-electron chi connectivity index (χ4n) is 2.33. The first-order valence-corrected chi connectivity index (χ1v) is 6.20. The summed E-state index contributed by atoms with van der Waals surface area (Å²) in [6.07, 6.45) is 0. The number of hydrogen-bond donors (Lipinski definition) is 0. The molecule has 0 saturated carbocycles. The second-order valence-corrected chi connectivity index (χ2v) is 4.49. The zero-order chi connectivity index (χ0) is 13.2. The van der Waals surface area contributed by atoms with Gasteiger partial charge in [0.2, 0.25) is 0 Å². The fraction of sp³-hybridized carbons (Fsp3) is 0.133. The third kappa shape index (κ3) is 2.09. The van der Waals surface area contributed by atoms with Crippen LogP contribution in [-0.4, -0.2) is 6.92 Å². The van der Waals surface area contributed by atoms with Crippen LogP contribution in [0.15, 0.2) is 42.5 Å². The summed E-state index contributed by atoms with van der Waals surface area (Å²) in [5.74, 6) is 1.35. The van der Waals surface area contributed by atoms with Gasteiger partial charge in [0.15, 0.2) is 0 Å². The molecule has 0 fully saturated rings. The van der Waals surface area contributed by atoms with E-state index < -0.39 is 0 Å². The van der Waals surface area contributed by atoms with E-state index in [-0.39, 0.29) is 6.92 Å². The average molecular weight is 249 g/mol. The molecule has 0 bridgehead atoms. The van der Waals surface area contributed by atoms with Gasteiger partial charge in [0, 0.05) is 0 Å². The Morgan fingerprint density at radius 1 is 1.16 bits per heavy atom. The average Bonchev–Trinajstić information content (AvgIpc) is 2.82. The molecule has 0 aromatic heterocycles. The van der Waals surface area contributed by atoms with E-state index in [2.05, 4.69) is 6.07 Å². The van der Waals surface area contributed by atoms with Crippen molar-refractivity contribution < 1.29 is 9.39 Å². The highest BCUT2D eigenvalue weighted by Gasteiger charge is 2.27. The second kappa shape index (κ2) is 4.79. The number of hydrogen-bond acceptors (Lipinski definition) is 3. The smallest absolute Gasteiger partial charge is 0.328 e. The normalized spacial score (nSPS) is 12.9. The van der Waals surface area contributed by atoms with Crippen LogP contribution in [0.1, 0.15) is 11.1 Å². The Labute approximate surface area is 112 Å². The zero-order valence-electron chi connectivity index (χ0n) is 10.6. The number of rotatable bonds is 2. The zero-order valence-corrected chi connectivity index (χ0v) is 10.6. The van der Waals surface area contributed by atoms with Gasteiger partial charge in [-0.15, -0.1) is 0 Å². The standard InChI is InChI=1S/C15H12BNO2/c1-16-15-12(10-18-16)6-4-8-14(15)19-13-7-3-2-5-11(13)9-17/h2-8H,10H2,1H3. The molecule has 2 aromatic rings. The van der Waals surface area contributed by atoms with Crippen LogP contribution < -0.4 is 10.2 Å². The molecule has 92 valence electrons. The van der Waals surface area contributed by atoms with Gasteiger partial charge in [-0.3, -0.25) is 0 Å². The molecule has 0 spiro atoms. The van der Waals surface area contributed by atoms with Crippen molar-refractivity contribution in [1.82, 2.24) is 0 Å². The maximum absolute atomic E-state index is 9.09. The Balaban J connectivity index is 2.01. The Kier molecular flexibility index (Phi) is 2.98. The van der Waals surface area contributed by atoms with E-state index in [1.54, 1.807) is 12.1 Å². The number of fused-ring (bicyclic) bond motifs is 1. The predicted molar refractivity (Wildman–Crippen MR) is 73.7 cm³/mol. The molecule has 2 aromatic carbocycles. The molecule has 0 saturated heterocycles. The van der Waals surface area contributed by atoms with E-state index in [0.29, 0.717) is 17.9 Å². The van der Waals surface area contributed by atoms with Gasteiger partial charge in [0.05, 0.1) is 12.2 Å². The summed E-state index contributed by atoms with van der Waals surface area (Å²) in [6, 6.07) is 15.3. The summed E-state index contributed by atoms with van der Waals surface area (Å²) >= 11 is 0. The minimum Gasteiger partial charge on any atom is -0.456 e. The van der Waals surface area contributed by atoms with E-state index in [1.807, 2.05) is 37.2 Å². The van der Waals surface area contributed by atoms with Gasteiger partial charge in [-0.25, -0.2) is 0 Å². The van der Waals surface area contributed by atoms with Gasteiger partial charge in [0.1, 0.15) is 17.6 Å². The SMILES string of the molecule is CB1OCc2cccc(Oc3ccccc3C#N)c21. The van der Waals surface area contributed by atoms with E-state index in [0.717, 1.165) is 16.8 Å². The van der Waals surface area contributed by atoms with Crippen LogP contribution in [-0.2, 0) is 11.3 Å². The van der Waals surface area contributed by atoms with Crippen molar-refractivity contribution in [2.24, 2.45) is 0 Å². The van der Waals surface area contributed by atoms with Gasteiger partial charge in [-0.05, 0) is 29.2 Å². The first kappa shape index (κ1) is 11.8. The van der Waals surface area contributed by atoms with E-state index >= 15 is 0 Å². The molecule has 19 heavy (non-hydrogen) atoms. The molecule has 4 heteroatoms. The largest absolute Gasteiger partial charge is 0.456 e. The van der Waals surface area contributed by atoms with Gasteiger partial charge < -0.3 is 9.39 Å². The topological polar surface area (TPSA) is 42.2 Å². The molecule has 1 aliphatic rings. The number of ether oxygens (including phenoxy) is 1. The lowest BCUT2D eigenvalue weighted by Crippen LogP contribution is -2.25. The van der Waals surface area contributed by atoms with Crippen LogP contribution in [0.25, 0.3) is 0 Å². The van der Waals surface area contributed by atoms with Crippen molar-refractivity contribution in [2.75, 3.05) is 0 Å². The minimum atomic E-state index is 0.0282. The summed E-state index contributed by atoms with van der Waals surface area (Å²) < 4.78 is 11.5.